The highest BCUT2D eigenvalue weighted by molar-refractivity contribution is 5.82. The van der Waals surface area contributed by atoms with E-state index in [1.807, 2.05) is 0 Å². The monoisotopic (exact) mass is 196 g/mol. The van der Waals surface area contributed by atoms with Gasteiger partial charge in [-0.2, -0.15) is 0 Å². The second-order valence-electron chi connectivity index (χ2n) is 5.17. The molecule has 0 aromatic rings. The van der Waals surface area contributed by atoms with Crippen LogP contribution in [0.25, 0.3) is 0 Å². The Balaban J connectivity index is 2.57. The Bertz CT molecular complexity index is 208. The maximum atomic E-state index is 5.89. The van der Waals surface area contributed by atoms with E-state index < -0.39 is 0 Å². The van der Waals surface area contributed by atoms with Gasteiger partial charge in [0.2, 0.25) is 0 Å². The molecule has 1 aliphatic rings. The van der Waals surface area contributed by atoms with Crippen LogP contribution in [0.3, 0.4) is 0 Å². The number of nitrogens with two attached hydrogens (primary N) is 1. The van der Waals surface area contributed by atoms with E-state index in [-0.39, 0.29) is 0 Å². The van der Waals surface area contributed by atoms with E-state index in [1.54, 1.807) is 0 Å². The molecule has 0 aliphatic heterocycles. The summed E-state index contributed by atoms with van der Waals surface area (Å²) in [4.78, 5) is 4.65. The van der Waals surface area contributed by atoms with Gasteiger partial charge < -0.3 is 5.73 Å². The van der Waals surface area contributed by atoms with E-state index in [0.29, 0.717) is 17.9 Å². The molecule has 0 aromatic carbocycles. The molecular formula is C12H24N2. The summed E-state index contributed by atoms with van der Waals surface area (Å²) >= 11 is 0. The molecule has 0 heterocycles. The van der Waals surface area contributed by atoms with Gasteiger partial charge in [-0.1, -0.05) is 27.7 Å². The molecule has 1 rings (SSSR count). The Morgan fingerprint density at radius 1 is 1.29 bits per heavy atom. The van der Waals surface area contributed by atoms with Crippen molar-refractivity contribution in [2.75, 3.05) is 0 Å². The molecule has 0 amide bonds. The van der Waals surface area contributed by atoms with Crippen molar-refractivity contribution in [3.05, 3.63) is 0 Å². The maximum Gasteiger partial charge on any atom is 0.0966 e. The average Bonchev–Trinajstić information content (AvgIpc) is 2.09. The SMILES string of the molecule is CC1CCC(N=C(N)C(C)C)C(C)C1. The third-order valence-corrected chi connectivity index (χ3v) is 3.29. The van der Waals surface area contributed by atoms with Crippen LogP contribution in [0.5, 0.6) is 0 Å². The van der Waals surface area contributed by atoms with Crippen LogP contribution in [-0.4, -0.2) is 11.9 Å². The first kappa shape index (κ1) is 11.5. The van der Waals surface area contributed by atoms with Crippen LogP contribution in [-0.2, 0) is 0 Å². The van der Waals surface area contributed by atoms with Crippen molar-refractivity contribution in [3.8, 4) is 0 Å². The molecule has 1 aliphatic carbocycles. The Kier molecular flexibility index (Phi) is 3.97. The first-order chi connectivity index (χ1) is 6.50. The minimum Gasteiger partial charge on any atom is -0.387 e. The highest BCUT2D eigenvalue weighted by atomic mass is 14.9. The van der Waals surface area contributed by atoms with E-state index in [0.717, 1.165) is 11.8 Å². The lowest BCUT2D eigenvalue weighted by Gasteiger charge is -2.30. The molecule has 0 radical (unpaired) electrons. The summed E-state index contributed by atoms with van der Waals surface area (Å²) in [5.74, 6) is 2.80. The van der Waals surface area contributed by atoms with Gasteiger partial charge in [0.25, 0.3) is 0 Å². The van der Waals surface area contributed by atoms with Crippen LogP contribution >= 0.6 is 0 Å². The number of rotatable bonds is 2. The normalized spacial score (nSPS) is 34.9. The predicted molar refractivity (Wildman–Crippen MR) is 62.4 cm³/mol. The molecule has 3 unspecified atom stereocenters. The first-order valence-electron chi connectivity index (χ1n) is 5.83. The zero-order chi connectivity index (χ0) is 10.7. The molecular weight excluding hydrogens is 172 g/mol. The van der Waals surface area contributed by atoms with Gasteiger partial charge in [0.1, 0.15) is 0 Å². The standard InChI is InChI=1S/C12H24N2/c1-8(2)12(13)14-11-6-5-9(3)7-10(11)4/h8-11H,5-7H2,1-4H3,(H2,13,14). The summed E-state index contributed by atoms with van der Waals surface area (Å²) in [5, 5.41) is 0. The van der Waals surface area contributed by atoms with Crippen LogP contribution in [0, 0.1) is 17.8 Å². The van der Waals surface area contributed by atoms with Gasteiger partial charge in [-0.3, -0.25) is 4.99 Å². The zero-order valence-corrected chi connectivity index (χ0v) is 9.96. The van der Waals surface area contributed by atoms with Gasteiger partial charge in [-0.25, -0.2) is 0 Å². The highest BCUT2D eigenvalue weighted by Crippen LogP contribution is 2.30. The van der Waals surface area contributed by atoms with Crippen molar-refractivity contribution in [1.82, 2.24) is 0 Å². The lowest BCUT2D eigenvalue weighted by Crippen LogP contribution is -2.29. The van der Waals surface area contributed by atoms with Crippen LogP contribution < -0.4 is 5.73 Å². The largest absolute Gasteiger partial charge is 0.387 e. The number of aliphatic imine (C=N–C) groups is 1. The molecule has 14 heavy (non-hydrogen) atoms. The Hall–Kier alpha value is -0.530. The number of amidine groups is 1. The minimum atomic E-state index is 0.390. The van der Waals surface area contributed by atoms with Crippen molar-refractivity contribution >= 4 is 5.84 Å². The van der Waals surface area contributed by atoms with Crippen molar-refractivity contribution in [2.24, 2.45) is 28.5 Å². The molecule has 0 bridgehead atoms. The maximum absolute atomic E-state index is 5.89. The van der Waals surface area contributed by atoms with Crippen LogP contribution in [0.1, 0.15) is 47.0 Å². The van der Waals surface area contributed by atoms with Gasteiger partial charge in [0.05, 0.1) is 11.9 Å². The quantitative estimate of drug-likeness (QED) is 0.535. The molecule has 0 saturated heterocycles. The second-order valence-corrected chi connectivity index (χ2v) is 5.17. The molecule has 1 saturated carbocycles. The molecule has 2 nitrogen and oxygen atoms in total. The van der Waals surface area contributed by atoms with Gasteiger partial charge in [0.15, 0.2) is 0 Å². The van der Waals surface area contributed by atoms with E-state index in [9.17, 15) is 0 Å². The molecule has 2 N–H and O–H groups in total. The fourth-order valence-corrected chi connectivity index (χ4v) is 2.18. The molecule has 1 fully saturated rings. The highest BCUT2D eigenvalue weighted by Gasteiger charge is 2.25. The van der Waals surface area contributed by atoms with Crippen LogP contribution in [0.15, 0.2) is 4.99 Å². The smallest absolute Gasteiger partial charge is 0.0966 e. The van der Waals surface area contributed by atoms with Crippen molar-refractivity contribution in [3.63, 3.8) is 0 Å². The fourth-order valence-electron chi connectivity index (χ4n) is 2.18. The zero-order valence-electron chi connectivity index (χ0n) is 9.96. The summed E-state index contributed by atoms with van der Waals surface area (Å²) in [6.45, 7) is 8.85. The summed E-state index contributed by atoms with van der Waals surface area (Å²) in [6.07, 6.45) is 3.83. The molecule has 3 atom stereocenters. The number of nitrogens with zero attached hydrogens (tertiary/aromatic N) is 1. The summed E-state index contributed by atoms with van der Waals surface area (Å²) in [7, 11) is 0. The fraction of sp³-hybridized carbons (Fsp3) is 0.917. The lowest BCUT2D eigenvalue weighted by atomic mass is 9.80. The second kappa shape index (κ2) is 4.81. The van der Waals surface area contributed by atoms with Gasteiger partial charge >= 0.3 is 0 Å². The summed E-state index contributed by atoms with van der Waals surface area (Å²) in [5.41, 5.74) is 5.89. The molecule has 82 valence electrons. The summed E-state index contributed by atoms with van der Waals surface area (Å²) in [6, 6.07) is 0.480. The Morgan fingerprint density at radius 2 is 1.93 bits per heavy atom. The van der Waals surface area contributed by atoms with Crippen molar-refractivity contribution in [1.29, 1.82) is 0 Å². The number of hydrogen-bond acceptors (Lipinski definition) is 1. The molecule has 0 aromatic heterocycles. The van der Waals surface area contributed by atoms with E-state index in [2.05, 4.69) is 32.7 Å². The van der Waals surface area contributed by atoms with Gasteiger partial charge in [-0.15, -0.1) is 0 Å². The lowest BCUT2D eigenvalue weighted by molar-refractivity contribution is 0.264. The Labute approximate surface area is 88.0 Å². The van der Waals surface area contributed by atoms with Gasteiger partial charge in [-0.05, 0) is 31.1 Å². The number of hydrogen-bond donors (Lipinski definition) is 1. The van der Waals surface area contributed by atoms with Crippen LogP contribution in [0.2, 0.25) is 0 Å². The molecule has 2 heteroatoms. The molecule has 0 spiro atoms. The topological polar surface area (TPSA) is 38.4 Å². The first-order valence-corrected chi connectivity index (χ1v) is 5.83. The van der Waals surface area contributed by atoms with E-state index >= 15 is 0 Å². The van der Waals surface area contributed by atoms with E-state index in [4.69, 9.17) is 5.73 Å². The summed E-state index contributed by atoms with van der Waals surface area (Å²) < 4.78 is 0. The van der Waals surface area contributed by atoms with E-state index in [1.165, 1.54) is 19.3 Å². The Morgan fingerprint density at radius 3 is 2.43 bits per heavy atom. The van der Waals surface area contributed by atoms with Crippen molar-refractivity contribution in [2.45, 2.75) is 53.0 Å². The third kappa shape index (κ3) is 3.00. The third-order valence-electron chi connectivity index (χ3n) is 3.29. The predicted octanol–water partition coefficient (Wildman–Crippen LogP) is 2.82. The average molecular weight is 196 g/mol. The minimum absolute atomic E-state index is 0.390. The van der Waals surface area contributed by atoms with Gasteiger partial charge in [0, 0.05) is 5.92 Å². The van der Waals surface area contributed by atoms with Crippen LogP contribution in [0.4, 0.5) is 0 Å². The van der Waals surface area contributed by atoms with Crippen molar-refractivity contribution < 1.29 is 0 Å².